The first kappa shape index (κ1) is 20.5. The van der Waals surface area contributed by atoms with Gasteiger partial charge in [-0.05, 0) is 110 Å². The van der Waals surface area contributed by atoms with Gasteiger partial charge in [0, 0.05) is 12.5 Å². The number of piperidine rings is 1. The van der Waals surface area contributed by atoms with Crippen LogP contribution < -0.4 is 5.32 Å². The number of ether oxygens (including phenoxy) is 1. The average Bonchev–Trinajstić information content (AvgIpc) is 3.16. The Balaban J connectivity index is 1.26. The van der Waals surface area contributed by atoms with E-state index in [1.165, 1.54) is 64.2 Å². The molecule has 4 saturated carbocycles. The summed E-state index contributed by atoms with van der Waals surface area (Å²) in [6.07, 6.45) is 15.0. The highest BCUT2D eigenvalue weighted by molar-refractivity contribution is 5.16. The van der Waals surface area contributed by atoms with E-state index in [1.54, 1.807) is 0 Å². The molecule has 2 heterocycles. The lowest BCUT2D eigenvalue weighted by Crippen LogP contribution is -2.57. The van der Waals surface area contributed by atoms with E-state index in [0.717, 1.165) is 48.0 Å². The van der Waals surface area contributed by atoms with Crippen LogP contribution >= 0.6 is 0 Å². The summed E-state index contributed by atoms with van der Waals surface area (Å²) in [6.45, 7) is 14.0. The summed E-state index contributed by atoms with van der Waals surface area (Å²) >= 11 is 0. The molecule has 0 aromatic rings. The second kappa shape index (κ2) is 6.72. The van der Waals surface area contributed by atoms with E-state index < -0.39 is 0 Å². The Kier molecular flexibility index (Phi) is 4.60. The molecule has 1 spiro atoms. The van der Waals surface area contributed by atoms with Crippen molar-refractivity contribution in [3.8, 4) is 0 Å². The third kappa shape index (κ3) is 2.62. The molecule has 170 valence electrons. The van der Waals surface area contributed by atoms with Crippen molar-refractivity contribution >= 4 is 0 Å². The average molecular weight is 414 g/mol. The van der Waals surface area contributed by atoms with Crippen LogP contribution in [0.25, 0.3) is 0 Å². The molecule has 0 amide bonds. The number of fused-ring (bicyclic) bond motifs is 7. The normalized spacial score (nSPS) is 62.5. The van der Waals surface area contributed by atoms with Crippen LogP contribution in [-0.4, -0.2) is 18.4 Å². The van der Waals surface area contributed by atoms with Crippen molar-refractivity contribution in [3.05, 3.63) is 0 Å². The predicted octanol–water partition coefficient (Wildman–Crippen LogP) is 6.64. The van der Waals surface area contributed by atoms with Gasteiger partial charge in [-0.25, -0.2) is 0 Å². The molecule has 0 aromatic heterocycles. The van der Waals surface area contributed by atoms with Gasteiger partial charge in [0.2, 0.25) is 0 Å². The molecule has 0 bridgehead atoms. The molecule has 6 fully saturated rings. The van der Waals surface area contributed by atoms with Crippen molar-refractivity contribution in [2.45, 2.75) is 111 Å². The van der Waals surface area contributed by atoms with Crippen molar-refractivity contribution in [2.24, 2.45) is 58.2 Å². The standard InChI is InChI=1S/C28H47NO/c1-17-8-11-26(4)20(14-17)6-7-21-22(26)10-12-27(5)23(21)15-24-25(27)19(3)28(30-24)13-9-18(2)16-29-28/h17-25,29H,6-16H2,1-5H3/t17-,18-,19-,20+,21-,22-,23-,24-,25-,26-,27-,28+/m0/s1. The van der Waals surface area contributed by atoms with Crippen LogP contribution in [0, 0.1) is 58.2 Å². The summed E-state index contributed by atoms with van der Waals surface area (Å²) in [5, 5.41) is 3.92. The first-order valence-corrected chi connectivity index (χ1v) is 13.7. The molecule has 4 aliphatic carbocycles. The van der Waals surface area contributed by atoms with Gasteiger partial charge < -0.3 is 4.74 Å². The minimum absolute atomic E-state index is 0.00415. The van der Waals surface area contributed by atoms with Gasteiger partial charge in [-0.1, -0.05) is 41.0 Å². The summed E-state index contributed by atoms with van der Waals surface area (Å²) in [5.74, 6) is 7.14. The zero-order valence-electron chi connectivity index (χ0n) is 20.4. The Hall–Kier alpha value is -0.0800. The Labute approximate surface area is 185 Å². The quantitative estimate of drug-likeness (QED) is 0.480. The molecule has 1 N–H and O–H groups in total. The number of hydrogen-bond donors (Lipinski definition) is 1. The highest BCUT2D eigenvalue weighted by atomic mass is 16.5. The van der Waals surface area contributed by atoms with Gasteiger partial charge in [-0.2, -0.15) is 0 Å². The Morgan fingerprint density at radius 2 is 1.53 bits per heavy atom. The van der Waals surface area contributed by atoms with Gasteiger partial charge in [-0.3, -0.25) is 5.32 Å². The first-order valence-electron chi connectivity index (χ1n) is 13.7. The molecule has 0 unspecified atom stereocenters. The van der Waals surface area contributed by atoms with E-state index >= 15 is 0 Å². The lowest BCUT2D eigenvalue weighted by atomic mass is 9.44. The van der Waals surface area contributed by atoms with Crippen molar-refractivity contribution in [1.82, 2.24) is 5.32 Å². The Bertz CT molecular complexity index is 682. The second-order valence-corrected chi connectivity index (χ2v) is 13.7. The molecule has 0 aromatic carbocycles. The van der Waals surface area contributed by atoms with Gasteiger partial charge >= 0.3 is 0 Å². The number of nitrogens with one attached hydrogen (secondary N) is 1. The highest BCUT2D eigenvalue weighted by Crippen LogP contribution is 2.71. The lowest BCUT2D eigenvalue weighted by Gasteiger charge is -2.61. The van der Waals surface area contributed by atoms with Gasteiger partial charge in [0.15, 0.2) is 0 Å². The first-order chi connectivity index (χ1) is 14.3. The van der Waals surface area contributed by atoms with Crippen LogP contribution in [-0.2, 0) is 4.74 Å². The SMILES string of the molecule is C[C@H]1CC[C@@]2(NC1)O[C@H]1C[C@H]3[C@H]4CC[C@@H]5C[C@@H](C)CC[C@]5(C)[C@H]4CC[C@]3(C)[C@H]1[C@@H]2C. The smallest absolute Gasteiger partial charge is 0.122 e. The molecule has 2 heteroatoms. The van der Waals surface area contributed by atoms with Gasteiger partial charge in [0.1, 0.15) is 5.72 Å². The van der Waals surface area contributed by atoms with Crippen LogP contribution in [0.4, 0.5) is 0 Å². The molecule has 0 radical (unpaired) electrons. The number of rotatable bonds is 0. The lowest BCUT2D eigenvalue weighted by molar-refractivity contribution is -0.135. The number of hydrogen-bond acceptors (Lipinski definition) is 2. The largest absolute Gasteiger partial charge is 0.357 e. The second-order valence-electron chi connectivity index (χ2n) is 13.7. The molecule has 6 aliphatic rings. The third-order valence-corrected chi connectivity index (χ3v) is 12.4. The zero-order valence-corrected chi connectivity index (χ0v) is 20.4. The van der Waals surface area contributed by atoms with E-state index in [-0.39, 0.29) is 5.72 Å². The van der Waals surface area contributed by atoms with Crippen molar-refractivity contribution in [2.75, 3.05) is 6.54 Å². The van der Waals surface area contributed by atoms with Crippen LogP contribution in [0.3, 0.4) is 0 Å². The molecule has 12 atom stereocenters. The van der Waals surface area contributed by atoms with E-state index in [9.17, 15) is 0 Å². The summed E-state index contributed by atoms with van der Waals surface area (Å²) in [7, 11) is 0. The van der Waals surface area contributed by atoms with E-state index in [1.807, 2.05) is 0 Å². The topological polar surface area (TPSA) is 21.3 Å². The van der Waals surface area contributed by atoms with Crippen LogP contribution in [0.2, 0.25) is 0 Å². The van der Waals surface area contributed by atoms with Crippen LogP contribution in [0.1, 0.15) is 98.8 Å². The fourth-order valence-electron chi connectivity index (χ4n) is 10.7. The molecular weight excluding hydrogens is 366 g/mol. The maximum Gasteiger partial charge on any atom is 0.122 e. The Morgan fingerprint density at radius 1 is 0.767 bits per heavy atom. The molecule has 2 saturated heterocycles. The van der Waals surface area contributed by atoms with Gasteiger partial charge in [0.25, 0.3) is 0 Å². The fourth-order valence-corrected chi connectivity index (χ4v) is 10.7. The molecule has 2 aliphatic heterocycles. The Morgan fingerprint density at radius 3 is 2.30 bits per heavy atom. The van der Waals surface area contributed by atoms with Crippen LogP contribution in [0.5, 0.6) is 0 Å². The minimum Gasteiger partial charge on any atom is -0.357 e. The summed E-state index contributed by atoms with van der Waals surface area (Å²) in [4.78, 5) is 0. The van der Waals surface area contributed by atoms with E-state index in [4.69, 9.17) is 4.74 Å². The van der Waals surface area contributed by atoms with Crippen molar-refractivity contribution in [1.29, 1.82) is 0 Å². The molecule has 2 nitrogen and oxygen atoms in total. The molecule has 30 heavy (non-hydrogen) atoms. The van der Waals surface area contributed by atoms with Crippen molar-refractivity contribution in [3.63, 3.8) is 0 Å². The minimum atomic E-state index is -0.00415. The third-order valence-electron chi connectivity index (χ3n) is 12.4. The predicted molar refractivity (Wildman–Crippen MR) is 123 cm³/mol. The maximum atomic E-state index is 7.05. The molecular formula is C28H47NO. The van der Waals surface area contributed by atoms with E-state index in [0.29, 0.717) is 22.9 Å². The van der Waals surface area contributed by atoms with Crippen molar-refractivity contribution < 1.29 is 4.74 Å². The maximum absolute atomic E-state index is 7.05. The summed E-state index contributed by atoms with van der Waals surface area (Å²) in [5.41, 5.74) is 1.16. The fraction of sp³-hybridized carbons (Fsp3) is 1.00. The van der Waals surface area contributed by atoms with Crippen LogP contribution in [0.15, 0.2) is 0 Å². The highest BCUT2D eigenvalue weighted by Gasteiger charge is 2.68. The summed E-state index contributed by atoms with van der Waals surface area (Å²) in [6, 6.07) is 0. The monoisotopic (exact) mass is 413 g/mol. The van der Waals surface area contributed by atoms with E-state index in [2.05, 4.69) is 39.9 Å². The molecule has 6 rings (SSSR count). The summed E-state index contributed by atoms with van der Waals surface area (Å²) < 4.78 is 7.05. The van der Waals surface area contributed by atoms with Gasteiger partial charge in [-0.15, -0.1) is 0 Å². The zero-order chi connectivity index (χ0) is 20.9. The van der Waals surface area contributed by atoms with Gasteiger partial charge in [0.05, 0.1) is 6.10 Å².